The molecule has 194 valence electrons. The van der Waals surface area contributed by atoms with Gasteiger partial charge in [0.15, 0.2) is 11.6 Å². The number of carbonyl (C=O) groups excluding carboxylic acids is 3. The van der Waals surface area contributed by atoms with Crippen LogP contribution in [0.15, 0.2) is 12.1 Å². The van der Waals surface area contributed by atoms with Gasteiger partial charge in [-0.2, -0.15) is 0 Å². The number of halogens is 3. The van der Waals surface area contributed by atoms with Crippen LogP contribution < -0.4 is 16.4 Å². The number of hydrogen-bond acceptors (Lipinski definition) is 4. The number of piperidine rings is 1. The minimum atomic E-state index is -1.23. The number of nitrogens with two attached hydrogens (primary N) is 1. The van der Waals surface area contributed by atoms with Crippen molar-refractivity contribution in [3.8, 4) is 0 Å². The summed E-state index contributed by atoms with van der Waals surface area (Å²) in [6.45, 7) is 3.35. The molecule has 0 spiro atoms. The normalized spacial score (nSPS) is 23.0. The number of unbranched alkanes of at least 4 members (excludes halogenated alkanes) is 1. The second-order valence-corrected chi connectivity index (χ2v) is 9.82. The first kappa shape index (κ1) is 27.0. The van der Waals surface area contributed by atoms with Gasteiger partial charge in [0.1, 0.15) is 11.9 Å². The van der Waals surface area contributed by atoms with Crippen LogP contribution in [0.25, 0.3) is 0 Å². The van der Waals surface area contributed by atoms with Crippen LogP contribution in [0.4, 0.5) is 13.2 Å². The molecule has 7 nitrogen and oxygen atoms in total. The van der Waals surface area contributed by atoms with Crippen LogP contribution in [0.1, 0.15) is 64.4 Å². The highest BCUT2D eigenvalue weighted by Gasteiger charge is 2.46. The number of amides is 3. The smallest absolute Gasteiger partial charge is 0.245 e. The van der Waals surface area contributed by atoms with Crippen LogP contribution in [-0.4, -0.2) is 53.3 Å². The van der Waals surface area contributed by atoms with Crippen LogP contribution >= 0.6 is 0 Å². The fourth-order valence-electron chi connectivity index (χ4n) is 5.49. The first-order valence-corrected chi connectivity index (χ1v) is 12.3. The maximum Gasteiger partial charge on any atom is 0.245 e. The Kier molecular flexibility index (Phi) is 9.15. The van der Waals surface area contributed by atoms with Crippen molar-refractivity contribution in [3.63, 3.8) is 0 Å². The Labute approximate surface area is 204 Å². The van der Waals surface area contributed by atoms with E-state index in [2.05, 4.69) is 10.6 Å². The maximum absolute atomic E-state index is 14.1. The van der Waals surface area contributed by atoms with Crippen molar-refractivity contribution >= 4 is 17.7 Å². The number of carbonyl (C=O) groups is 3. The molecule has 10 heteroatoms. The lowest BCUT2D eigenvalue weighted by molar-refractivity contribution is -0.141. The van der Waals surface area contributed by atoms with Crippen molar-refractivity contribution in [2.24, 2.45) is 11.7 Å². The Bertz CT molecular complexity index is 931. The average Bonchev–Trinajstić information content (AvgIpc) is 3.04. The van der Waals surface area contributed by atoms with Crippen LogP contribution in [0, 0.1) is 23.4 Å². The molecule has 1 aromatic rings. The quantitative estimate of drug-likeness (QED) is 0.342. The van der Waals surface area contributed by atoms with Crippen molar-refractivity contribution in [1.29, 1.82) is 0 Å². The van der Waals surface area contributed by atoms with Crippen molar-refractivity contribution in [3.05, 3.63) is 35.1 Å². The van der Waals surface area contributed by atoms with E-state index >= 15 is 0 Å². The van der Waals surface area contributed by atoms with Gasteiger partial charge in [-0.3, -0.25) is 14.4 Å². The maximum atomic E-state index is 14.1. The van der Waals surface area contributed by atoms with Gasteiger partial charge in [-0.25, -0.2) is 13.2 Å². The van der Waals surface area contributed by atoms with E-state index in [1.165, 1.54) is 13.8 Å². The first-order chi connectivity index (χ1) is 16.6. The zero-order valence-corrected chi connectivity index (χ0v) is 20.3. The third-order valence-corrected chi connectivity index (χ3v) is 7.14. The summed E-state index contributed by atoms with van der Waals surface area (Å²) < 4.78 is 40.9. The van der Waals surface area contributed by atoms with Gasteiger partial charge < -0.3 is 21.3 Å². The van der Waals surface area contributed by atoms with Gasteiger partial charge in [0.05, 0.1) is 0 Å². The van der Waals surface area contributed by atoms with Crippen molar-refractivity contribution in [2.75, 3.05) is 6.54 Å². The summed E-state index contributed by atoms with van der Waals surface area (Å²) in [6.07, 6.45) is 4.88. The molecule has 5 atom stereocenters. The molecule has 2 saturated heterocycles. The molecule has 0 radical (unpaired) electrons. The number of rotatable bonds is 10. The summed E-state index contributed by atoms with van der Waals surface area (Å²) >= 11 is 0. The van der Waals surface area contributed by atoms with Gasteiger partial charge in [-0.1, -0.05) is 0 Å². The van der Waals surface area contributed by atoms with Crippen molar-refractivity contribution < 1.29 is 27.6 Å². The molecule has 2 aliphatic heterocycles. The van der Waals surface area contributed by atoms with Gasteiger partial charge in [-0.15, -0.1) is 0 Å². The Morgan fingerprint density at radius 1 is 1.00 bits per heavy atom. The summed E-state index contributed by atoms with van der Waals surface area (Å²) in [5, 5.41) is 5.50. The molecule has 0 aliphatic carbocycles. The molecule has 0 saturated carbocycles. The molecular weight excluding hydrogens is 461 g/mol. The van der Waals surface area contributed by atoms with E-state index in [0.717, 1.165) is 18.9 Å². The van der Waals surface area contributed by atoms with Crippen LogP contribution in [0.5, 0.6) is 0 Å². The van der Waals surface area contributed by atoms with Crippen molar-refractivity contribution in [1.82, 2.24) is 15.5 Å². The Morgan fingerprint density at radius 2 is 1.63 bits per heavy atom. The summed E-state index contributed by atoms with van der Waals surface area (Å²) in [7, 11) is 0. The predicted molar refractivity (Wildman–Crippen MR) is 125 cm³/mol. The van der Waals surface area contributed by atoms with Gasteiger partial charge in [0.25, 0.3) is 0 Å². The minimum absolute atomic E-state index is 0.0148. The molecule has 0 aromatic heterocycles. The largest absolute Gasteiger partial charge is 0.356 e. The summed E-state index contributed by atoms with van der Waals surface area (Å²) in [5.41, 5.74) is 6.43. The highest BCUT2D eigenvalue weighted by molar-refractivity contribution is 5.87. The second-order valence-electron chi connectivity index (χ2n) is 9.82. The number of nitrogens with one attached hydrogen (secondary N) is 2. The first-order valence-electron chi connectivity index (χ1n) is 12.3. The molecule has 35 heavy (non-hydrogen) atoms. The lowest BCUT2D eigenvalue weighted by atomic mass is 9.82. The average molecular weight is 497 g/mol. The Morgan fingerprint density at radius 3 is 2.23 bits per heavy atom. The molecule has 2 aliphatic rings. The van der Waals surface area contributed by atoms with E-state index in [4.69, 9.17) is 5.73 Å². The SMILES string of the molecule is CC(=O)NCCCC[C@H](NC(C)=O)C(=O)N1[C@@H]2CC[C@H]1C[C@H]([C@H](N)Cc1cc(F)c(F)cc1F)C2. The molecule has 4 N–H and O–H groups in total. The summed E-state index contributed by atoms with van der Waals surface area (Å²) in [6, 6.07) is 0.275. The third kappa shape index (κ3) is 6.96. The minimum Gasteiger partial charge on any atom is -0.356 e. The van der Waals surface area contributed by atoms with Crippen LogP contribution in [0.2, 0.25) is 0 Å². The van der Waals surface area contributed by atoms with E-state index < -0.39 is 29.5 Å². The highest BCUT2D eigenvalue weighted by atomic mass is 19.2. The summed E-state index contributed by atoms with van der Waals surface area (Å²) in [5.74, 6) is -3.62. The predicted octanol–water partition coefficient (Wildman–Crippen LogP) is 2.55. The molecule has 2 fully saturated rings. The van der Waals surface area contributed by atoms with Crippen molar-refractivity contribution in [2.45, 2.75) is 89.4 Å². The molecule has 3 amide bonds. The van der Waals surface area contributed by atoms with Gasteiger partial charge >= 0.3 is 0 Å². The number of hydrogen-bond donors (Lipinski definition) is 3. The molecule has 1 aromatic carbocycles. The molecular formula is C25H35F3N4O3. The summed E-state index contributed by atoms with van der Waals surface area (Å²) in [4.78, 5) is 38.1. The standard InChI is InChI=1S/C25H35F3N4O3/c1-14(33)30-8-4-3-5-24(31-15(2)34)25(35)32-18-6-7-19(32)10-17(9-18)23(29)12-16-11-21(27)22(28)13-20(16)26/h11,13,17-19,23-24H,3-10,12,29H2,1-2H3,(H,30,33)(H,31,34)/t17-,18-,19+,23-,24+/m1/s1. The van der Waals surface area contributed by atoms with E-state index in [9.17, 15) is 27.6 Å². The second kappa shape index (κ2) is 11.9. The van der Waals surface area contributed by atoms with E-state index in [0.29, 0.717) is 44.7 Å². The molecule has 0 unspecified atom stereocenters. The fourth-order valence-corrected chi connectivity index (χ4v) is 5.49. The van der Waals surface area contributed by atoms with E-state index in [1.807, 2.05) is 4.90 Å². The Balaban J connectivity index is 1.61. The lowest BCUT2D eigenvalue weighted by Gasteiger charge is -2.42. The molecule has 3 rings (SSSR count). The molecule has 2 heterocycles. The zero-order valence-electron chi connectivity index (χ0n) is 20.3. The molecule has 2 bridgehead atoms. The van der Waals surface area contributed by atoms with Gasteiger partial charge in [0, 0.05) is 44.6 Å². The fraction of sp³-hybridized carbons (Fsp3) is 0.640. The van der Waals surface area contributed by atoms with E-state index in [1.54, 1.807) is 0 Å². The topological polar surface area (TPSA) is 105 Å². The monoisotopic (exact) mass is 496 g/mol. The zero-order chi connectivity index (χ0) is 25.7. The Hall–Kier alpha value is -2.62. The van der Waals surface area contributed by atoms with Crippen LogP contribution in [-0.2, 0) is 20.8 Å². The van der Waals surface area contributed by atoms with Gasteiger partial charge in [0.2, 0.25) is 17.7 Å². The number of benzene rings is 1. The van der Waals surface area contributed by atoms with Gasteiger partial charge in [-0.05, 0) is 68.9 Å². The lowest BCUT2D eigenvalue weighted by Crippen LogP contribution is -2.56. The number of nitrogens with zero attached hydrogens (tertiary/aromatic N) is 1. The third-order valence-electron chi connectivity index (χ3n) is 7.14. The number of fused-ring (bicyclic) bond motifs is 2. The van der Waals surface area contributed by atoms with Crippen LogP contribution in [0.3, 0.4) is 0 Å². The van der Waals surface area contributed by atoms with E-state index in [-0.39, 0.29) is 47.7 Å². The highest BCUT2D eigenvalue weighted by Crippen LogP contribution is 2.40.